The predicted octanol–water partition coefficient (Wildman–Crippen LogP) is 6.71. The zero-order valence-corrected chi connectivity index (χ0v) is 19.7. The summed E-state index contributed by atoms with van der Waals surface area (Å²) in [5.41, 5.74) is 2.91. The smallest absolute Gasteiger partial charge is 0.172 e. The third-order valence-electron chi connectivity index (χ3n) is 6.10. The average molecular weight is 493 g/mol. The van der Waals surface area contributed by atoms with E-state index in [1.807, 2.05) is 66.7 Å². The standard InChI is InChI=1S/C31H24O6/c32-25-16-13-21(17-26(25)33)30-27(34)18-24-29(36)22(14-11-19-7-3-1-4-8-19)28(35)23(31(24)37-30)15-12-20-9-5-2-6-10-20/h1-17,32-36H,18H2/b14-11+,15-12+. The summed E-state index contributed by atoms with van der Waals surface area (Å²) in [6, 6.07) is 23.0. The van der Waals surface area contributed by atoms with Crippen LogP contribution in [0.5, 0.6) is 28.7 Å². The third kappa shape index (κ3) is 4.73. The number of aromatic hydroxyl groups is 4. The average Bonchev–Trinajstić information content (AvgIpc) is 2.91. The molecule has 5 N–H and O–H groups in total. The molecule has 5 rings (SSSR count). The summed E-state index contributed by atoms with van der Waals surface area (Å²) in [5.74, 6) is -1.03. The molecule has 1 heterocycles. The first-order valence-corrected chi connectivity index (χ1v) is 11.6. The van der Waals surface area contributed by atoms with Crippen LogP contribution < -0.4 is 4.74 Å². The summed E-state index contributed by atoms with van der Waals surface area (Å²) < 4.78 is 6.07. The number of benzene rings is 4. The first kappa shape index (κ1) is 23.6. The van der Waals surface area contributed by atoms with Gasteiger partial charge in [0.2, 0.25) is 0 Å². The molecule has 0 bridgehead atoms. The van der Waals surface area contributed by atoms with Crippen molar-refractivity contribution in [3.8, 4) is 28.7 Å². The van der Waals surface area contributed by atoms with E-state index in [4.69, 9.17) is 4.74 Å². The quantitative estimate of drug-likeness (QED) is 0.156. The maximum Gasteiger partial charge on any atom is 0.172 e. The number of allylic oxidation sites excluding steroid dienone is 1. The molecule has 37 heavy (non-hydrogen) atoms. The molecule has 4 aromatic rings. The zero-order valence-electron chi connectivity index (χ0n) is 19.7. The second kappa shape index (κ2) is 9.87. The van der Waals surface area contributed by atoms with Crippen molar-refractivity contribution in [2.45, 2.75) is 6.42 Å². The molecule has 0 aliphatic carbocycles. The second-order valence-corrected chi connectivity index (χ2v) is 8.58. The number of phenols is 4. The zero-order chi connectivity index (χ0) is 25.9. The van der Waals surface area contributed by atoms with E-state index in [9.17, 15) is 25.5 Å². The fourth-order valence-electron chi connectivity index (χ4n) is 4.18. The van der Waals surface area contributed by atoms with Gasteiger partial charge in [-0.15, -0.1) is 0 Å². The van der Waals surface area contributed by atoms with Crippen LogP contribution in [0.1, 0.15) is 33.4 Å². The van der Waals surface area contributed by atoms with Crippen LogP contribution in [-0.4, -0.2) is 25.5 Å². The highest BCUT2D eigenvalue weighted by molar-refractivity contribution is 5.87. The van der Waals surface area contributed by atoms with Crippen molar-refractivity contribution in [2.75, 3.05) is 0 Å². The van der Waals surface area contributed by atoms with E-state index in [2.05, 4.69) is 0 Å². The molecule has 6 nitrogen and oxygen atoms in total. The molecule has 0 atom stereocenters. The van der Waals surface area contributed by atoms with E-state index in [1.165, 1.54) is 18.2 Å². The highest BCUT2D eigenvalue weighted by atomic mass is 16.5. The molecule has 0 fully saturated rings. The Balaban J connectivity index is 1.65. The van der Waals surface area contributed by atoms with Crippen LogP contribution >= 0.6 is 0 Å². The third-order valence-corrected chi connectivity index (χ3v) is 6.10. The Kier molecular flexibility index (Phi) is 6.31. The minimum Gasteiger partial charge on any atom is -0.508 e. The molecule has 6 heteroatoms. The summed E-state index contributed by atoms with van der Waals surface area (Å²) in [4.78, 5) is 0. The molecule has 4 aromatic carbocycles. The van der Waals surface area contributed by atoms with E-state index in [0.717, 1.165) is 11.1 Å². The number of rotatable bonds is 5. The molecular weight excluding hydrogens is 468 g/mol. The number of aliphatic hydroxyl groups excluding tert-OH is 1. The van der Waals surface area contributed by atoms with Gasteiger partial charge < -0.3 is 30.3 Å². The fourth-order valence-corrected chi connectivity index (χ4v) is 4.18. The predicted molar refractivity (Wildman–Crippen MR) is 144 cm³/mol. The molecule has 0 amide bonds. The Bertz CT molecular complexity index is 1550. The van der Waals surface area contributed by atoms with Crippen LogP contribution in [0.4, 0.5) is 0 Å². The van der Waals surface area contributed by atoms with Gasteiger partial charge in [0.05, 0.1) is 11.1 Å². The lowest BCUT2D eigenvalue weighted by atomic mass is 9.94. The molecule has 0 aromatic heterocycles. The summed E-state index contributed by atoms with van der Waals surface area (Å²) in [6.45, 7) is 0. The van der Waals surface area contributed by atoms with Gasteiger partial charge in [-0.3, -0.25) is 0 Å². The number of fused-ring (bicyclic) bond motifs is 1. The molecule has 0 unspecified atom stereocenters. The summed E-state index contributed by atoms with van der Waals surface area (Å²) in [6.07, 6.45) is 6.82. The fraction of sp³-hybridized carbons (Fsp3) is 0.0323. The molecule has 1 aliphatic rings. The summed E-state index contributed by atoms with van der Waals surface area (Å²) >= 11 is 0. The van der Waals surface area contributed by atoms with Crippen LogP contribution in [-0.2, 0) is 6.42 Å². The lowest BCUT2D eigenvalue weighted by Crippen LogP contribution is -2.12. The van der Waals surface area contributed by atoms with Gasteiger partial charge in [-0.05, 0) is 41.5 Å². The normalized spacial score (nSPS) is 13.2. The maximum atomic E-state index is 11.3. The highest BCUT2D eigenvalue weighted by Crippen LogP contribution is 2.49. The number of hydrogen-bond donors (Lipinski definition) is 5. The molecule has 0 saturated heterocycles. The van der Waals surface area contributed by atoms with Gasteiger partial charge >= 0.3 is 0 Å². The molecular formula is C31H24O6. The monoisotopic (exact) mass is 492 g/mol. The Morgan fingerprint density at radius 1 is 0.595 bits per heavy atom. The van der Waals surface area contributed by atoms with Gasteiger partial charge in [-0.25, -0.2) is 0 Å². The number of aliphatic hydroxyl groups is 1. The minimum atomic E-state index is -0.372. The Morgan fingerprint density at radius 2 is 1.19 bits per heavy atom. The van der Waals surface area contributed by atoms with Crippen LogP contribution in [0.2, 0.25) is 0 Å². The van der Waals surface area contributed by atoms with Crippen molar-refractivity contribution in [3.63, 3.8) is 0 Å². The Labute approximate surface area is 213 Å². The van der Waals surface area contributed by atoms with Crippen LogP contribution in [0, 0.1) is 0 Å². The van der Waals surface area contributed by atoms with Crippen molar-refractivity contribution in [1.29, 1.82) is 0 Å². The number of ether oxygens (including phenoxy) is 1. The van der Waals surface area contributed by atoms with Gasteiger partial charge in [0.25, 0.3) is 0 Å². The van der Waals surface area contributed by atoms with E-state index >= 15 is 0 Å². The van der Waals surface area contributed by atoms with Crippen molar-refractivity contribution in [1.82, 2.24) is 0 Å². The first-order chi connectivity index (χ1) is 17.9. The largest absolute Gasteiger partial charge is 0.508 e. The van der Waals surface area contributed by atoms with Crippen molar-refractivity contribution in [3.05, 3.63) is 118 Å². The summed E-state index contributed by atoms with van der Waals surface area (Å²) in [5, 5.41) is 52.9. The Hall–Kier alpha value is -5.10. The van der Waals surface area contributed by atoms with E-state index in [-0.39, 0.29) is 52.3 Å². The van der Waals surface area contributed by atoms with Crippen molar-refractivity contribution < 1.29 is 30.3 Å². The molecule has 1 aliphatic heterocycles. The minimum absolute atomic E-state index is 0.0449. The van der Waals surface area contributed by atoms with Crippen molar-refractivity contribution >= 4 is 30.1 Å². The second-order valence-electron chi connectivity index (χ2n) is 8.58. The van der Waals surface area contributed by atoms with Gasteiger partial charge in [0.15, 0.2) is 17.3 Å². The van der Waals surface area contributed by atoms with Crippen molar-refractivity contribution in [2.24, 2.45) is 0 Å². The van der Waals surface area contributed by atoms with Gasteiger partial charge in [-0.1, -0.05) is 72.8 Å². The molecule has 0 spiro atoms. The maximum absolute atomic E-state index is 11.3. The van der Waals surface area contributed by atoms with Gasteiger partial charge in [-0.2, -0.15) is 0 Å². The van der Waals surface area contributed by atoms with E-state index in [1.54, 1.807) is 18.2 Å². The molecule has 0 radical (unpaired) electrons. The van der Waals surface area contributed by atoms with Crippen LogP contribution in [0.3, 0.4) is 0 Å². The first-order valence-electron chi connectivity index (χ1n) is 11.6. The topological polar surface area (TPSA) is 110 Å². The van der Waals surface area contributed by atoms with E-state index in [0.29, 0.717) is 16.7 Å². The van der Waals surface area contributed by atoms with Crippen LogP contribution in [0.15, 0.2) is 84.6 Å². The highest BCUT2D eigenvalue weighted by Gasteiger charge is 2.30. The lowest BCUT2D eigenvalue weighted by molar-refractivity contribution is 0.348. The summed E-state index contributed by atoms with van der Waals surface area (Å²) in [7, 11) is 0. The lowest BCUT2D eigenvalue weighted by Gasteiger charge is -2.25. The number of phenolic OH excluding ortho intramolecular Hbond substituents is 4. The molecule has 0 saturated carbocycles. The SMILES string of the molecule is OC1=C(c2ccc(O)c(O)c2)Oc2c(/C=C/c3ccccc3)c(O)c(/C=C/c3ccccc3)c(O)c2C1. The number of hydrogen-bond acceptors (Lipinski definition) is 6. The Morgan fingerprint density at radius 3 is 1.78 bits per heavy atom. The molecule has 184 valence electrons. The van der Waals surface area contributed by atoms with Crippen LogP contribution in [0.25, 0.3) is 30.1 Å². The van der Waals surface area contributed by atoms with Gasteiger partial charge in [0, 0.05) is 17.5 Å². The van der Waals surface area contributed by atoms with E-state index < -0.39 is 0 Å². The van der Waals surface area contributed by atoms with Gasteiger partial charge in [0.1, 0.15) is 23.0 Å².